The van der Waals surface area contributed by atoms with Crippen LogP contribution in [-0.4, -0.2) is 25.2 Å². The maximum absolute atomic E-state index is 12.5. The summed E-state index contributed by atoms with van der Waals surface area (Å²) in [5.41, 5.74) is 0. The van der Waals surface area contributed by atoms with Crippen molar-refractivity contribution in [3.05, 3.63) is 108 Å². The third-order valence-corrected chi connectivity index (χ3v) is 6.00. The average Bonchev–Trinajstić information content (AvgIpc) is 2.91. The number of esters is 2. The number of fused-ring (bicyclic) bond motifs is 2. The van der Waals surface area contributed by atoms with E-state index >= 15 is 0 Å². The SMILES string of the molecule is O=C(COc1c2ccccc2c(OCC(=O)Oc2ccccc2)c2cc(Br)ccc12)Oc1ccccc1. The zero-order chi connectivity index (χ0) is 25.6. The van der Waals surface area contributed by atoms with Crippen molar-refractivity contribution in [2.24, 2.45) is 0 Å². The van der Waals surface area contributed by atoms with Gasteiger partial charge in [-0.1, -0.05) is 76.6 Å². The van der Waals surface area contributed by atoms with Crippen LogP contribution in [0, 0.1) is 0 Å². The molecule has 184 valence electrons. The fourth-order valence-electron chi connectivity index (χ4n) is 3.94. The minimum absolute atomic E-state index is 0.284. The number of carbonyl (C=O) groups excluding carboxylic acids is 2. The molecule has 0 radical (unpaired) electrons. The summed E-state index contributed by atoms with van der Waals surface area (Å²) >= 11 is 3.52. The van der Waals surface area contributed by atoms with E-state index in [1.807, 2.05) is 54.6 Å². The number of hydrogen-bond acceptors (Lipinski definition) is 6. The Bertz CT molecular complexity index is 1570. The lowest BCUT2D eigenvalue weighted by Crippen LogP contribution is -2.18. The second-order valence-corrected chi connectivity index (χ2v) is 8.96. The van der Waals surface area contributed by atoms with Crippen molar-refractivity contribution in [1.29, 1.82) is 0 Å². The van der Waals surface area contributed by atoms with Gasteiger partial charge < -0.3 is 18.9 Å². The molecule has 0 N–H and O–H groups in total. The Balaban J connectivity index is 1.45. The Kier molecular flexibility index (Phi) is 7.33. The summed E-state index contributed by atoms with van der Waals surface area (Å²) in [6.07, 6.45) is 0. The molecular weight excluding hydrogens is 536 g/mol. The van der Waals surface area contributed by atoms with Crippen molar-refractivity contribution in [1.82, 2.24) is 0 Å². The van der Waals surface area contributed by atoms with Gasteiger partial charge in [-0.15, -0.1) is 0 Å². The van der Waals surface area contributed by atoms with E-state index in [2.05, 4.69) is 15.9 Å². The van der Waals surface area contributed by atoms with E-state index < -0.39 is 11.9 Å². The smallest absolute Gasteiger partial charge is 0.349 e. The first-order valence-corrected chi connectivity index (χ1v) is 12.3. The Hall–Kier alpha value is -4.36. The lowest BCUT2D eigenvalue weighted by Gasteiger charge is -2.17. The largest absolute Gasteiger partial charge is 0.481 e. The van der Waals surface area contributed by atoms with Gasteiger partial charge >= 0.3 is 11.9 Å². The van der Waals surface area contributed by atoms with Crippen LogP contribution < -0.4 is 18.9 Å². The predicted molar refractivity (Wildman–Crippen MR) is 144 cm³/mol. The summed E-state index contributed by atoms with van der Waals surface area (Å²) in [4.78, 5) is 25.0. The zero-order valence-corrected chi connectivity index (χ0v) is 21.1. The lowest BCUT2D eigenvalue weighted by molar-refractivity contribution is -0.137. The van der Waals surface area contributed by atoms with Gasteiger partial charge in [0, 0.05) is 26.0 Å². The number of rotatable bonds is 8. The van der Waals surface area contributed by atoms with Crippen LogP contribution in [0.1, 0.15) is 0 Å². The second-order valence-electron chi connectivity index (χ2n) is 8.05. The summed E-state index contributed by atoms with van der Waals surface area (Å²) in [5.74, 6) is 0.867. The van der Waals surface area contributed by atoms with Gasteiger partial charge in [0.2, 0.25) is 0 Å². The highest BCUT2D eigenvalue weighted by Crippen LogP contribution is 2.43. The third-order valence-electron chi connectivity index (χ3n) is 5.51. The van der Waals surface area contributed by atoms with Crippen molar-refractivity contribution in [3.63, 3.8) is 0 Å². The van der Waals surface area contributed by atoms with Crippen molar-refractivity contribution in [2.75, 3.05) is 13.2 Å². The van der Waals surface area contributed by atoms with Gasteiger partial charge in [-0.25, -0.2) is 9.59 Å². The molecule has 37 heavy (non-hydrogen) atoms. The molecule has 0 saturated heterocycles. The molecule has 0 fully saturated rings. The number of carbonyl (C=O) groups is 2. The van der Waals surface area contributed by atoms with Gasteiger partial charge in [0.15, 0.2) is 13.2 Å². The van der Waals surface area contributed by atoms with E-state index in [0.29, 0.717) is 28.4 Å². The molecule has 0 aliphatic rings. The quantitative estimate of drug-likeness (QED) is 0.120. The van der Waals surface area contributed by atoms with Crippen LogP contribution in [0.15, 0.2) is 108 Å². The molecule has 0 bridgehead atoms. The van der Waals surface area contributed by atoms with Crippen LogP contribution in [-0.2, 0) is 9.59 Å². The van der Waals surface area contributed by atoms with Crippen LogP contribution in [0.4, 0.5) is 0 Å². The van der Waals surface area contributed by atoms with Gasteiger partial charge in [-0.05, 0) is 42.5 Å². The van der Waals surface area contributed by atoms with E-state index in [9.17, 15) is 9.59 Å². The van der Waals surface area contributed by atoms with Crippen molar-refractivity contribution in [2.45, 2.75) is 0 Å². The third kappa shape index (κ3) is 5.73. The van der Waals surface area contributed by atoms with E-state index in [-0.39, 0.29) is 13.2 Å². The van der Waals surface area contributed by atoms with E-state index in [4.69, 9.17) is 18.9 Å². The molecule has 0 heterocycles. The molecule has 5 aromatic rings. The lowest BCUT2D eigenvalue weighted by atomic mass is 10.0. The summed E-state index contributed by atoms with van der Waals surface area (Å²) in [5, 5.41) is 2.90. The van der Waals surface area contributed by atoms with E-state index in [0.717, 1.165) is 20.6 Å². The predicted octanol–water partition coefficient (Wildman–Crippen LogP) is 6.72. The zero-order valence-electron chi connectivity index (χ0n) is 19.6. The summed E-state index contributed by atoms with van der Waals surface area (Å²) in [6, 6.07) is 30.8. The minimum Gasteiger partial charge on any atom is -0.481 e. The van der Waals surface area contributed by atoms with Crippen molar-refractivity contribution >= 4 is 49.4 Å². The first-order valence-electron chi connectivity index (χ1n) is 11.5. The molecule has 0 aromatic heterocycles. The number of benzene rings is 5. The number of halogens is 1. The topological polar surface area (TPSA) is 71.1 Å². The summed E-state index contributed by atoms with van der Waals surface area (Å²) in [6.45, 7) is -0.572. The Labute approximate surface area is 221 Å². The van der Waals surface area contributed by atoms with Crippen LogP contribution in [0.3, 0.4) is 0 Å². The van der Waals surface area contributed by atoms with Crippen LogP contribution >= 0.6 is 15.9 Å². The Morgan fingerprint density at radius 3 is 1.49 bits per heavy atom. The molecule has 6 nitrogen and oxygen atoms in total. The van der Waals surface area contributed by atoms with Crippen LogP contribution in [0.2, 0.25) is 0 Å². The van der Waals surface area contributed by atoms with Crippen molar-refractivity contribution in [3.8, 4) is 23.0 Å². The average molecular weight is 557 g/mol. The molecule has 0 amide bonds. The molecule has 0 saturated carbocycles. The number of ether oxygens (including phenoxy) is 4. The standard InChI is InChI=1S/C30H21BrO6/c31-20-15-16-25-26(17-20)30(35-19-28(33)37-22-11-5-2-6-12-22)24-14-8-7-13-23(24)29(25)34-18-27(32)36-21-9-3-1-4-10-21/h1-17H,18-19H2. The first kappa shape index (κ1) is 24.3. The molecule has 7 heteroatoms. The Morgan fingerprint density at radius 2 is 0.973 bits per heavy atom. The van der Waals surface area contributed by atoms with Crippen LogP contribution in [0.5, 0.6) is 23.0 Å². The molecular formula is C30H21BrO6. The molecule has 5 rings (SSSR count). The van der Waals surface area contributed by atoms with Gasteiger partial charge in [0.25, 0.3) is 0 Å². The second kappa shape index (κ2) is 11.1. The monoisotopic (exact) mass is 556 g/mol. The van der Waals surface area contributed by atoms with E-state index in [1.54, 1.807) is 48.5 Å². The summed E-state index contributed by atoms with van der Waals surface area (Å²) < 4.78 is 23.6. The fraction of sp³-hybridized carbons (Fsp3) is 0.0667. The highest BCUT2D eigenvalue weighted by molar-refractivity contribution is 9.10. The van der Waals surface area contributed by atoms with Crippen molar-refractivity contribution < 1.29 is 28.5 Å². The molecule has 0 spiro atoms. The summed E-state index contributed by atoms with van der Waals surface area (Å²) in [7, 11) is 0. The molecule has 0 aliphatic carbocycles. The fourth-order valence-corrected chi connectivity index (χ4v) is 4.30. The highest BCUT2D eigenvalue weighted by Gasteiger charge is 2.19. The first-order chi connectivity index (χ1) is 18.1. The molecule has 5 aromatic carbocycles. The maximum atomic E-state index is 12.5. The van der Waals surface area contributed by atoms with Gasteiger partial charge in [-0.2, -0.15) is 0 Å². The number of hydrogen-bond donors (Lipinski definition) is 0. The van der Waals surface area contributed by atoms with Gasteiger partial charge in [-0.3, -0.25) is 0 Å². The maximum Gasteiger partial charge on any atom is 0.349 e. The molecule has 0 atom stereocenters. The Morgan fingerprint density at radius 1 is 0.541 bits per heavy atom. The van der Waals surface area contributed by atoms with Gasteiger partial charge in [0.05, 0.1) is 0 Å². The molecule has 0 unspecified atom stereocenters. The molecule has 0 aliphatic heterocycles. The highest BCUT2D eigenvalue weighted by atomic mass is 79.9. The normalized spacial score (nSPS) is 10.7. The van der Waals surface area contributed by atoms with E-state index in [1.165, 1.54) is 0 Å². The number of para-hydroxylation sites is 2. The van der Waals surface area contributed by atoms with Crippen LogP contribution in [0.25, 0.3) is 21.5 Å². The minimum atomic E-state index is -0.526. The van der Waals surface area contributed by atoms with Gasteiger partial charge in [0.1, 0.15) is 23.0 Å².